The van der Waals surface area contributed by atoms with E-state index in [2.05, 4.69) is 20.2 Å². The largest absolute Gasteiger partial charge is 0.492 e. The molecule has 6 rings (SSSR count). The summed E-state index contributed by atoms with van der Waals surface area (Å²) in [5, 5.41) is 2.94. The molecule has 3 atom stereocenters. The van der Waals surface area contributed by atoms with Crippen molar-refractivity contribution in [2.75, 3.05) is 43.1 Å². The van der Waals surface area contributed by atoms with Crippen LogP contribution >= 0.6 is 11.6 Å². The molecule has 1 aromatic carbocycles. The van der Waals surface area contributed by atoms with Gasteiger partial charge in [-0.15, -0.1) is 0 Å². The number of anilines is 3. The zero-order chi connectivity index (χ0) is 28.0. The second-order valence-corrected chi connectivity index (χ2v) is 11.9. The van der Waals surface area contributed by atoms with Crippen LogP contribution in [0.5, 0.6) is 5.75 Å². The smallest absolute Gasteiger partial charge is 0.410 e. The molecule has 3 fully saturated rings. The zero-order valence-corrected chi connectivity index (χ0v) is 23.4. The third kappa shape index (κ3) is 5.32. The fourth-order valence-electron chi connectivity index (χ4n) is 5.46. The lowest BCUT2D eigenvalue weighted by Crippen LogP contribution is -2.50. The highest BCUT2D eigenvalue weighted by atomic mass is 35.5. The number of benzene rings is 1. The van der Waals surface area contributed by atoms with Crippen molar-refractivity contribution in [2.45, 2.75) is 51.3 Å². The van der Waals surface area contributed by atoms with Gasteiger partial charge in [0, 0.05) is 25.6 Å². The highest BCUT2D eigenvalue weighted by Gasteiger charge is 2.47. The summed E-state index contributed by atoms with van der Waals surface area (Å²) in [7, 11) is 0. The lowest BCUT2D eigenvalue weighted by Gasteiger charge is -2.35. The molecule has 212 valence electrons. The topological polar surface area (TPSA) is 102 Å². The average molecular weight is 571 g/mol. The molecule has 0 radical (unpaired) electrons. The summed E-state index contributed by atoms with van der Waals surface area (Å²) in [4.78, 5) is 30.2. The number of nitrogens with one attached hydrogen (secondary N) is 1. The van der Waals surface area contributed by atoms with E-state index in [4.69, 9.17) is 30.8 Å². The van der Waals surface area contributed by atoms with Gasteiger partial charge in [0.1, 0.15) is 34.0 Å². The Labute approximate surface area is 236 Å². The number of pyridine rings is 1. The summed E-state index contributed by atoms with van der Waals surface area (Å²) >= 11 is 6.32. The summed E-state index contributed by atoms with van der Waals surface area (Å²) in [5.74, 6) is 1.03. The zero-order valence-electron chi connectivity index (χ0n) is 22.7. The van der Waals surface area contributed by atoms with E-state index in [1.54, 1.807) is 12.1 Å². The fraction of sp³-hybridized carbons (Fsp3) is 0.500. The van der Waals surface area contributed by atoms with Gasteiger partial charge in [-0.1, -0.05) is 11.6 Å². The van der Waals surface area contributed by atoms with Gasteiger partial charge in [0.15, 0.2) is 11.6 Å². The minimum Gasteiger partial charge on any atom is -0.492 e. The van der Waals surface area contributed by atoms with Crippen LogP contribution in [0.1, 0.15) is 33.6 Å². The number of likely N-dealkylation sites (tertiary alicyclic amines) is 1. The van der Waals surface area contributed by atoms with Crippen molar-refractivity contribution in [3.05, 3.63) is 41.4 Å². The monoisotopic (exact) mass is 570 g/mol. The number of nitrogens with zero attached hydrogens (tertiary/aromatic N) is 5. The van der Waals surface area contributed by atoms with E-state index >= 15 is 4.39 Å². The van der Waals surface area contributed by atoms with Gasteiger partial charge < -0.3 is 29.3 Å². The number of rotatable bonds is 6. The van der Waals surface area contributed by atoms with Gasteiger partial charge in [-0.25, -0.2) is 24.1 Å². The van der Waals surface area contributed by atoms with Gasteiger partial charge in [0.05, 0.1) is 36.5 Å². The highest BCUT2D eigenvalue weighted by molar-refractivity contribution is 6.32. The summed E-state index contributed by atoms with van der Waals surface area (Å²) < 4.78 is 32.0. The van der Waals surface area contributed by atoms with Crippen molar-refractivity contribution in [3.8, 4) is 5.75 Å². The van der Waals surface area contributed by atoms with Crippen LogP contribution in [-0.4, -0.2) is 76.5 Å². The van der Waals surface area contributed by atoms with Gasteiger partial charge in [-0.2, -0.15) is 0 Å². The van der Waals surface area contributed by atoms with E-state index in [0.29, 0.717) is 49.8 Å². The van der Waals surface area contributed by atoms with Gasteiger partial charge in [0.25, 0.3) is 0 Å². The summed E-state index contributed by atoms with van der Waals surface area (Å²) in [6.07, 6.45) is 2.89. The van der Waals surface area contributed by atoms with Gasteiger partial charge in [-0.3, -0.25) is 0 Å². The molecule has 3 aromatic rings. The molecule has 3 saturated heterocycles. The van der Waals surface area contributed by atoms with Crippen LogP contribution in [0.25, 0.3) is 11.0 Å². The predicted molar refractivity (Wildman–Crippen MR) is 149 cm³/mol. The number of aromatic nitrogens is 3. The number of hydrogen-bond acceptors (Lipinski definition) is 9. The Morgan fingerprint density at radius 1 is 1.20 bits per heavy atom. The molecule has 3 aliphatic rings. The molecule has 1 N–H and O–H groups in total. The third-order valence-corrected chi connectivity index (χ3v) is 7.78. The number of hydrogen-bond donors (Lipinski definition) is 1. The Bertz CT molecular complexity index is 1430. The molecule has 1 unspecified atom stereocenters. The number of fused-ring (bicyclic) bond motifs is 3. The maximum atomic E-state index is 15.3. The predicted octanol–water partition coefficient (Wildman–Crippen LogP) is 5.17. The summed E-state index contributed by atoms with van der Waals surface area (Å²) in [5.41, 5.74) is 0.737. The minimum absolute atomic E-state index is 0.0557. The molecule has 12 heteroatoms. The molecule has 5 heterocycles. The van der Waals surface area contributed by atoms with E-state index in [1.807, 2.05) is 37.8 Å². The average Bonchev–Trinajstić information content (AvgIpc) is 3.68. The summed E-state index contributed by atoms with van der Waals surface area (Å²) in [6.45, 7) is 8.59. The SMILES string of the molecule is CC(C)(C)OC(=O)N1C[C@@H]2C[C@H]1CN2c1ccc2ncnc(Nc3ccc(OCC4CCOC4)c(Cl)c3F)c2n1. The molecule has 0 saturated carbocycles. The van der Waals surface area contributed by atoms with Crippen LogP contribution in [0.15, 0.2) is 30.6 Å². The standard InChI is InChI=1S/C28H32ClFN6O4/c1-28(2,3)40-27(37)36-12-17-10-18(36)11-35(17)22-7-5-20-25(34-22)26(32-15-31-20)33-19-4-6-21(23(29)24(19)30)39-14-16-8-9-38-13-16/h4-7,15-18H,8-14H2,1-3H3,(H,31,32,33)/t16?,17-,18-/m0/s1. The Hall–Kier alpha value is -3.44. The van der Waals surface area contributed by atoms with Crippen molar-refractivity contribution in [1.82, 2.24) is 19.9 Å². The number of halogens is 2. The molecular weight excluding hydrogens is 539 g/mol. The Morgan fingerprint density at radius 2 is 2.05 bits per heavy atom. The number of piperazine rings is 1. The van der Waals surface area contributed by atoms with E-state index < -0.39 is 11.4 Å². The molecule has 0 spiro atoms. The first kappa shape index (κ1) is 26.8. The molecule has 40 heavy (non-hydrogen) atoms. The van der Waals surface area contributed by atoms with Crippen LogP contribution in [0, 0.1) is 11.7 Å². The van der Waals surface area contributed by atoms with Crippen molar-refractivity contribution >= 4 is 46.1 Å². The number of amides is 1. The van der Waals surface area contributed by atoms with Crippen LogP contribution in [0.2, 0.25) is 5.02 Å². The summed E-state index contributed by atoms with van der Waals surface area (Å²) in [6, 6.07) is 7.18. The van der Waals surface area contributed by atoms with Crippen molar-refractivity contribution in [2.24, 2.45) is 5.92 Å². The van der Waals surface area contributed by atoms with Gasteiger partial charge >= 0.3 is 6.09 Å². The van der Waals surface area contributed by atoms with Crippen LogP contribution in [-0.2, 0) is 9.47 Å². The molecule has 1 amide bonds. The molecule has 3 aliphatic heterocycles. The molecular formula is C28H32ClFN6O4. The quantitative estimate of drug-likeness (QED) is 0.430. The Balaban J connectivity index is 1.19. The molecule has 2 bridgehead atoms. The Kier molecular flexibility index (Phi) is 7.03. The number of carbonyl (C=O) groups is 1. The maximum absolute atomic E-state index is 15.3. The molecule has 0 aliphatic carbocycles. The lowest BCUT2D eigenvalue weighted by atomic mass is 10.1. The maximum Gasteiger partial charge on any atom is 0.410 e. The van der Waals surface area contributed by atoms with E-state index in [0.717, 1.165) is 18.7 Å². The van der Waals surface area contributed by atoms with E-state index in [-0.39, 0.29) is 40.6 Å². The van der Waals surface area contributed by atoms with Crippen molar-refractivity contribution in [3.63, 3.8) is 0 Å². The van der Waals surface area contributed by atoms with Crippen LogP contribution in [0.3, 0.4) is 0 Å². The second kappa shape index (κ2) is 10.5. The highest BCUT2D eigenvalue weighted by Crippen LogP contribution is 2.37. The van der Waals surface area contributed by atoms with Crippen LogP contribution < -0.4 is 15.0 Å². The second-order valence-electron chi connectivity index (χ2n) is 11.5. The number of ether oxygens (including phenoxy) is 3. The Morgan fingerprint density at radius 3 is 2.77 bits per heavy atom. The van der Waals surface area contributed by atoms with Crippen molar-refractivity contribution in [1.29, 1.82) is 0 Å². The first-order valence-electron chi connectivity index (χ1n) is 13.5. The van der Waals surface area contributed by atoms with E-state index in [9.17, 15) is 4.79 Å². The third-order valence-electron chi connectivity index (χ3n) is 7.43. The lowest BCUT2D eigenvalue weighted by molar-refractivity contribution is 0.0214. The first-order valence-corrected chi connectivity index (χ1v) is 13.9. The first-order chi connectivity index (χ1) is 19.2. The minimum atomic E-state index is -0.635. The van der Waals surface area contributed by atoms with Crippen molar-refractivity contribution < 1.29 is 23.4 Å². The molecule has 10 nitrogen and oxygen atoms in total. The normalized spacial score (nSPS) is 22.3. The number of carbonyl (C=O) groups excluding carboxylic acids is 1. The van der Waals surface area contributed by atoms with Gasteiger partial charge in [0.2, 0.25) is 0 Å². The fourth-order valence-corrected chi connectivity index (χ4v) is 5.68. The van der Waals surface area contributed by atoms with Gasteiger partial charge in [-0.05, 0) is 57.9 Å². The van der Waals surface area contributed by atoms with E-state index in [1.165, 1.54) is 6.33 Å². The van der Waals surface area contributed by atoms with Crippen LogP contribution in [0.4, 0.5) is 26.5 Å². The molecule has 2 aromatic heterocycles.